The SMILES string of the molecule is CCc1c(F)cnc2cc(OC(C)=O)cc(OS(=O)(=O)C(F)(F)F)c12. The van der Waals surface area contributed by atoms with Gasteiger partial charge in [0.25, 0.3) is 0 Å². The molecular formula is C14H11F4NO5S. The molecule has 0 N–H and O–H groups in total. The first-order valence-electron chi connectivity index (χ1n) is 6.76. The predicted molar refractivity (Wildman–Crippen MR) is 78.0 cm³/mol. The maximum Gasteiger partial charge on any atom is 0.534 e. The molecular weight excluding hydrogens is 370 g/mol. The van der Waals surface area contributed by atoms with Gasteiger partial charge in [0, 0.05) is 24.6 Å². The minimum Gasteiger partial charge on any atom is -0.427 e. The van der Waals surface area contributed by atoms with Crippen LogP contribution < -0.4 is 8.92 Å². The molecule has 2 aromatic rings. The molecule has 0 fully saturated rings. The number of aromatic nitrogens is 1. The second-order valence-corrected chi connectivity index (χ2v) is 6.37. The van der Waals surface area contributed by atoms with Crippen LogP contribution >= 0.6 is 0 Å². The van der Waals surface area contributed by atoms with Crippen molar-refractivity contribution in [3.63, 3.8) is 0 Å². The summed E-state index contributed by atoms with van der Waals surface area (Å²) in [6.45, 7) is 2.55. The van der Waals surface area contributed by atoms with Crippen molar-refractivity contribution in [3.05, 3.63) is 29.7 Å². The Balaban J connectivity index is 2.77. The summed E-state index contributed by atoms with van der Waals surface area (Å²) < 4.78 is 83.2. The van der Waals surface area contributed by atoms with Crippen LogP contribution in [-0.2, 0) is 21.3 Å². The van der Waals surface area contributed by atoms with Crippen LogP contribution in [0.4, 0.5) is 17.6 Å². The third-order valence-electron chi connectivity index (χ3n) is 3.06. The van der Waals surface area contributed by atoms with Crippen LogP contribution in [0.2, 0.25) is 0 Å². The van der Waals surface area contributed by atoms with E-state index >= 15 is 0 Å². The van der Waals surface area contributed by atoms with Crippen molar-refractivity contribution in [2.45, 2.75) is 25.8 Å². The van der Waals surface area contributed by atoms with Gasteiger partial charge in [-0.3, -0.25) is 9.78 Å². The Morgan fingerprint density at radius 1 is 1.28 bits per heavy atom. The lowest BCUT2D eigenvalue weighted by Gasteiger charge is -2.15. The van der Waals surface area contributed by atoms with E-state index in [4.69, 9.17) is 4.74 Å². The number of fused-ring (bicyclic) bond motifs is 1. The summed E-state index contributed by atoms with van der Waals surface area (Å²) in [6, 6.07) is 1.91. The Bertz CT molecular complexity index is 940. The second-order valence-electron chi connectivity index (χ2n) is 4.83. The van der Waals surface area contributed by atoms with Gasteiger partial charge in [0.15, 0.2) is 5.75 Å². The first-order chi connectivity index (χ1) is 11.5. The molecule has 1 aromatic carbocycles. The van der Waals surface area contributed by atoms with E-state index in [-0.39, 0.29) is 28.6 Å². The number of halogens is 4. The smallest absolute Gasteiger partial charge is 0.427 e. The number of rotatable bonds is 4. The van der Waals surface area contributed by atoms with Crippen molar-refractivity contribution in [3.8, 4) is 11.5 Å². The summed E-state index contributed by atoms with van der Waals surface area (Å²) in [6.07, 6.45) is 0.848. The van der Waals surface area contributed by atoms with E-state index in [9.17, 15) is 30.8 Å². The highest BCUT2D eigenvalue weighted by molar-refractivity contribution is 7.88. The van der Waals surface area contributed by atoms with Crippen LogP contribution in [0.15, 0.2) is 18.3 Å². The van der Waals surface area contributed by atoms with E-state index in [1.54, 1.807) is 0 Å². The highest BCUT2D eigenvalue weighted by Gasteiger charge is 2.49. The number of ether oxygens (including phenoxy) is 1. The zero-order chi connectivity index (χ0) is 19.0. The number of esters is 1. The lowest BCUT2D eigenvalue weighted by atomic mass is 10.1. The summed E-state index contributed by atoms with van der Waals surface area (Å²) >= 11 is 0. The van der Waals surface area contributed by atoms with Crippen LogP contribution in [0.25, 0.3) is 10.9 Å². The fourth-order valence-corrected chi connectivity index (χ4v) is 2.57. The average molecular weight is 381 g/mol. The fraction of sp³-hybridized carbons (Fsp3) is 0.286. The predicted octanol–water partition coefficient (Wildman–Crippen LogP) is 3.09. The van der Waals surface area contributed by atoms with Gasteiger partial charge >= 0.3 is 21.6 Å². The second kappa shape index (κ2) is 6.47. The lowest BCUT2D eigenvalue weighted by Crippen LogP contribution is -2.28. The summed E-state index contributed by atoms with van der Waals surface area (Å²) in [5.41, 5.74) is -5.87. The van der Waals surface area contributed by atoms with E-state index in [0.29, 0.717) is 0 Å². The first kappa shape index (κ1) is 18.9. The summed E-state index contributed by atoms with van der Waals surface area (Å²) in [5, 5.41) is -0.258. The average Bonchev–Trinajstić information content (AvgIpc) is 2.45. The number of benzene rings is 1. The number of alkyl halides is 3. The largest absolute Gasteiger partial charge is 0.534 e. The maximum absolute atomic E-state index is 13.9. The third-order valence-corrected chi connectivity index (χ3v) is 4.03. The number of pyridine rings is 1. The van der Waals surface area contributed by atoms with Crippen molar-refractivity contribution in [2.24, 2.45) is 0 Å². The summed E-state index contributed by atoms with van der Waals surface area (Å²) in [7, 11) is -6.02. The Morgan fingerprint density at radius 2 is 1.92 bits per heavy atom. The topological polar surface area (TPSA) is 82.6 Å². The Morgan fingerprint density at radius 3 is 2.44 bits per heavy atom. The lowest BCUT2D eigenvalue weighted by molar-refractivity contribution is -0.131. The normalized spacial score (nSPS) is 12.2. The first-order valence-corrected chi connectivity index (χ1v) is 8.17. The number of carbonyl (C=O) groups excluding carboxylic acids is 1. The quantitative estimate of drug-likeness (QED) is 0.266. The van der Waals surface area contributed by atoms with Gasteiger partial charge in [-0.05, 0) is 6.42 Å². The highest BCUT2D eigenvalue weighted by Crippen LogP contribution is 2.37. The number of hydrogen-bond donors (Lipinski definition) is 0. The van der Waals surface area contributed by atoms with Crippen LogP contribution in [-0.4, -0.2) is 24.9 Å². The minimum absolute atomic E-state index is 0.0280. The van der Waals surface area contributed by atoms with Crippen LogP contribution in [0.5, 0.6) is 11.5 Å². The summed E-state index contributed by atoms with van der Waals surface area (Å²) in [4.78, 5) is 14.7. The molecule has 1 heterocycles. The van der Waals surface area contributed by atoms with E-state index in [1.807, 2.05) is 0 Å². The molecule has 136 valence electrons. The Labute approximate surface area is 139 Å². The van der Waals surface area contributed by atoms with Gasteiger partial charge in [-0.1, -0.05) is 6.92 Å². The van der Waals surface area contributed by atoms with Crippen molar-refractivity contribution in [1.82, 2.24) is 4.98 Å². The molecule has 0 saturated carbocycles. The molecule has 25 heavy (non-hydrogen) atoms. The van der Waals surface area contributed by atoms with Crippen molar-refractivity contribution in [2.75, 3.05) is 0 Å². The van der Waals surface area contributed by atoms with Gasteiger partial charge in [0.05, 0.1) is 17.1 Å². The molecule has 2 rings (SSSR count). The molecule has 0 aliphatic heterocycles. The molecule has 0 saturated heterocycles. The molecule has 0 radical (unpaired) electrons. The fourth-order valence-electron chi connectivity index (χ4n) is 2.11. The van der Waals surface area contributed by atoms with Gasteiger partial charge in [-0.2, -0.15) is 21.6 Å². The number of carbonyl (C=O) groups is 1. The summed E-state index contributed by atoms with van der Waals surface area (Å²) in [5.74, 6) is -2.78. The van der Waals surface area contributed by atoms with Gasteiger partial charge in [0.2, 0.25) is 0 Å². The van der Waals surface area contributed by atoms with Crippen molar-refractivity contribution < 1.29 is 39.7 Å². The zero-order valence-corrected chi connectivity index (χ0v) is 13.7. The highest BCUT2D eigenvalue weighted by atomic mass is 32.2. The van der Waals surface area contributed by atoms with Crippen molar-refractivity contribution in [1.29, 1.82) is 0 Å². The molecule has 11 heteroatoms. The van der Waals surface area contributed by atoms with Crippen LogP contribution in [0, 0.1) is 5.82 Å². The van der Waals surface area contributed by atoms with E-state index in [1.165, 1.54) is 6.92 Å². The van der Waals surface area contributed by atoms with E-state index < -0.39 is 33.2 Å². The molecule has 0 bridgehead atoms. The zero-order valence-electron chi connectivity index (χ0n) is 12.8. The van der Waals surface area contributed by atoms with E-state index in [2.05, 4.69) is 9.17 Å². The number of hydrogen-bond acceptors (Lipinski definition) is 6. The molecule has 0 spiro atoms. The molecule has 0 aliphatic rings. The van der Waals surface area contributed by atoms with Gasteiger partial charge < -0.3 is 8.92 Å². The van der Waals surface area contributed by atoms with Crippen LogP contribution in [0.3, 0.4) is 0 Å². The molecule has 6 nitrogen and oxygen atoms in total. The molecule has 0 aliphatic carbocycles. The van der Waals surface area contributed by atoms with Gasteiger partial charge in [-0.25, -0.2) is 4.39 Å². The van der Waals surface area contributed by atoms with Gasteiger partial charge in [-0.15, -0.1) is 0 Å². The third kappa shape index (κ3) is 3.81. The molecule has 0 atom stereocenters. The van der Waals surface area contributed by atoms with Gasteiger partial charge in [0.1, 0.15) is 11.6 Å². The Hall–Kier alpha value is -2.43. The number of nitrogens with zero attached hydrogens (tertiary/aromatic N) is 1. The molecule has 0 unspecified atom stereocenters. The number of aryl methyl sites for hydroxylation is 1. The van der Waals surface area contributed by atoms with Crippen molar-refractivity contribution >= 4 is 27.0 Å². The monoisotopic (exact) mass is 381 g/mol. The Kier molecular flexibility index (Phi) is 4.89. The van der Waals surface area contributed by atoms with Crippen LogP contribution in [0.1, 0.15) is 19.4 Å². The maximum atomic E-state index is 13.9. The molecule has 1 aromatic heterocycles. The van der Waals surface area contributed by atoms with E-state index in [0.717, 1.165) is 25.3 Å². The molecule has 0 amide bonds. The minimum atomic E-state index is -6.02. The standard InChI is InChI=1S/C14H11F4NO5S/c1-3-9-10(15)6-19-11-4-8(23-7(2)20)5-12(13(9)11)24-25(21,22)14(16,17)18/h4-6H,3H2,1-2H3.